The SMILES string of the molecule is COCCn1c(SCC(=O)Nc2ccc3c(c2)OCCO3)nnc1-c1ccoc1C. The van der Waals surface area contributed by atoms with E-state index in [1.165, 1.54) is 11.8 Å². The highest BCUT2D eigenvalue weighted by molar-refractivity contribution is 7.99. The van der Waals surface area contributed by atoms with Crippen molar-refractivity contribution in [1.82, 2.24) is 14.8 Å². The predicted octanol–water partition coefficient (Wildman–Crippen LogP) is 2.99. The van der Waals surface area contributed by atoms with Gasteiger partial charge in [-0.1, -0.05) is 11.8 Å². The van der Waals surface area contributed by atoms with Crippen LogP contribution < -0.4 is 14.8 Å². The van der Waals surface area contributed by atoms with Crippen molar-refractivity contribution in [2.45, 2.75) is 18.6 Å². The van der Waals surface area contributed by atoms with E-state index < -0.39 is 0 Å². The number of carbonyl (C=O) groups is 1. The summed E-state index contributed by atoms with van der Waals surface area (Å²) in [4.78, 5) is 12.5. The van der Waals surface area contributed by atoms with Gasteiger partial charge in [0.15, 0.2) is 22.5 Å². The van der Waals surface area contributed by atoms with Gasteiger partial charge in [-0.2, -0.15) is 0 Å². The lowest BCUT2D eigenvalue weighted by Crippen LogP contribution is -2.17. The average Bonchev–Trinajstić information content (AvgIpc) is 3.35. The fourth-order valence-electron chi connectivity index (χ4n) is 3.04. The molecular formula is C20H22N4O5S. The molecule has 30 heavy (non-hydrogen) atoms. The number of hydrogen-bond acceptors (Lipinski definition) is 8. The summed E-state index contributed by atoms with van der Waals surface area (Å²) in [5, 5.41) is 12.1. The van der Waals surface area contributed by atoms with E-state index >= 15 is 0 Å². The average molecular weight is 430 g/mol. The van der Waals surface area contributed by atoms with E-state index in [9.17, 15) is 4.79 Å². The van der Waals surface area contributed by atoms with Crippen LogP contribution in [0.25, 0.3) is 11.4 Å². The molecule has 1 aliphatic rings. The summed E-state index contributed by atoms with van der Waals surface area (Å²) < 4.78 is 23.6. The van der Waals surface area contributed by atoms with Crippen molar-refractivity contribution in [1.29, 1.82) is 0 Å². The number of nitrogens with zero attached hydrogens (tertiary/aromatic N) is 3. The second-order valence-electron chi connectivity index (χ2n) is 6.54. The minimum absolute atomic E-state index is 0.154. The maximum absolute atomic E-state index is 12.5. The molecule has 3 heterocycles. The number of rotatable bonds is 8. The summed E-state index contributed by atoms with van der Waals surface area (Å²) in [6.07, 6.45) is 1.62. The Morgan fingerprint density at radius 3 is 2.83 bits per heavy atom. The predicted molar refractivity (Wildman–Crippen MR) is 111 cm³/mol. The number of nitrogens with one attached hydrogen (secondary N) is 1. The first-order chi connectivity index (χ1) is 14.7. The topological polar surface area (TPSA) is 101 Å². The van der Waals surface area contributed by atoms with Gasteiger partial charge in [0.2, 0.25) is 5.91 Å². The van der Waals surface area contributed by atoms with E-state index in [0.29, 0.717) is 54.5 Å². The molecule has 1 aromatic carbocycles. The molecule has 0 atom stereocenters. The van der Waals surface area contributed by atoms with Gasteiger partial charge in [-0.3, -0.25) is 9.36 Å². The molecular weight excluding hydrogens is 408 g/mol. The second-order valence-corrected chi connectivity index (χ2v) is 7.48. The molecule has 2 aromatic heterocycles. The van der Waals surface area contributed by atoms with Crippen LogP contribution in [-0.2, 0) is 16.1 Å². The molecule has 0 saturated carbocycles. The Bertz CT molecular complexity index is 1030. The van der Waals surface area contributed by atoms with Crippen LogP contribution in [0.4, 0.5) is 5.69 Å². The van der Waals surface area contributed by atoms with Crippen LogP contribution in [0.3, 0.4) is 0 Å². The van der Waals surface area contributed by atoms with Crippen LogP contribution in [0.15, 0.2) is 40.1 Å². The molecule has 4 rings (SSSR count). The number of aryl methyl sites for hydroxylation is 1. The van der Waals surface area contributed by atoms with Gasteiger partial charge in [0.25, 0.3) is 0 Å². The molecule has 1 aliphatic heterocycles. The molecule has 9 nitrogen and oxygen atoms in total. The third kappa shape index (κ3) is 4.44. The van der Waals surface area contributed by atoms with Gasteiger partial charge >= 0.3 is 0 Å². The molecule has 0 aliphatic carbocycles. The number of carbonyl (C=O) groups excluding carboxylic acids is 1. The maximum Gasteiger partial charge on any atom is 0.234 e. The number of benzene rings is 1. The highest BCUT2D eigenvalue weighted by Gasteiger charge is 2.19. The van der Waals surface area contributed by atoms with Gasteiger partial charge in [-0.15, -0.1) is 10.2 Å². The minimum Gasteiger partial charge on any atom is -0.486 e. The molecule has 0 radical (unpaired) electrons. The Morgan fingerprint density at radius 2 is 2.07 bits per heavy atom. The highest BCUT2D eigenvalue weighted by Crippen LogP contribution is 2.33. The van der Waals surface area contributed by atoms with E-state index in [-0.39, 0.29) is 11.7 Å². The monoisotopic (exact) mass is 430 g/mol. The van der Waals surface area contributed by atoms with Crippen LogP contribution in [-0.4, -0.2) is 53.4 Å². The zero-order chi connectivity index (χ0) is 20.9. The van der Waals surface area contributed by atoms with Crippen molar-refractivity contribution in [3.8, 4) is 22.9 Å². The third-order valence-corrected chi connectivity index (χ3v) is 5.46. The van der Waals surface area contributed by atoms with Gasteiger partial charge in [-0.25, -0.2) is 0 Å². The quantitative estimate of drug-likeness (QED) is 0.545. The summed E-state index contributed by atoms with van der Waals surface area (Å²) in [6, 6.07) is 7.19. The molecule has 158 valence electrons. The minimum atomic E-state index is -0.154. The van der Waals surface area contributed by atoms with Gasteiger partial charge in [0.05, 0.1) is 30.7 Å². The fourth-order valence-corrected chi connectivity index (χ4v) is 3.81. The van der Waals surface area contributed by atoms with Crippen LogP contribution in [0.5, 0.6) is 11.5 Å². The van der Waals surface area contributed by atoms with E-state index in [2.05, 4.69) is 15.5 Å². The summed E-state index contributed by atoms with van der Waals surface area (Å²) in [5.41, 5.74) is 1.52. The maximum atomic E-state index is 12.5. The number of anilines is 1. The van der Waals surface area contributed by atoms with Crippen LogP contribution >= 0.6 is 11.8 Å². The Labute approximate surface area is 177 Å². The number of furan rings is 1. The van der Waals surface area contributed by atoms with Crippen molar-refractivity contribution in [2.24, 2.45) is 0 Å². The first-order valence-electron chi connectivity index (χ1n) is 9.44. The van der Waals surface area contributed by atoms with Crippen molar-refractivity contribution >= 4 is 23.4 Å². The van der Waals surface area contributed by atoms with Crippen molar-refractivity contribution in [3.63, 3.8) is 0 Å². The van der Waals surface area contributed by atoms with Gasteiger partial charge in [0.1, 0.15) is 19.0 Å². The lowest BCUT2D eigenvalue weighted by atomic mass is 10.2. The van der Waals surface area contributed by atoms with Crippen molar-refractivity contribution in [2.75, 3.05) is 38.0 Å². The first-order valence-corrected chi connectivity index (χ1v) is 10.4. The number of thioether (sulfide) groups is 1. The molecule has 0 spiro atoms. The summed E-state index contributed by atoms with van der Waals surface area (Å²) in [7, 11) is 1.64. The molecule has 0 saturated heterocycles. The van der Waals surface area contributed by atoms with Crippen molar-refractivity contribution in [3.05, 3.63) is 36.3 Å². The molecule has 10 heteroatoms. The largest absolute Gasteiger partial charge is 0.486 e. The lowest BCUT2D eigenvalue weighted by molar-refractivity contribution is -0.113. The number of hydrogen-bond donors (Lipinski definition) is 1. The summed E-state index contributed by atoms with van der Waals surface area (Å²) in [5.74, 6) is 2.79. The zero-order valence-corrected chi connectivity index (χ0v) is 17.5. The number of ether oxygens (including phenoxy) is 3. The van der Waals surface area contributed by atoms with Crippen molar-refractivity contribution < 1.29 is 23.4 Å². The molecule has 0 bridgehead atoms. The third-order valence-electron chi connectivity index (χ3n) is 4.49. The van der Waals surface area contributed by atoms with Crippen LogP contribution in [0.2, 0.25) is 0 Å². The Kier molecular flexibility index (Phi) is 6.24. The first kappa shape index (κ1) is 20.3. The van der Waals surface area contributed by atoms with Crippen LogP contribution in [0.1, 0.15) is 5.76 Å². The normalized spacial score (nSPS) is 12.7. The lowest BCUT2D eigenvalue weighted by Gasteiger charge is -2.19. The van der Waals surface area contributed by atoms with Gasteiger partial charge in [0, 0.05) is 18.9 Å². The van der Waals surface area contributed by atoms with E-state index in [4.69, 9.17) is 18.6 Å². The molecule has 3 aromatic rings. The van der Waals surface area contributed by atoms with Crippen LogP contribution in [0, 0.1) is 6.92 Å². The molecule has 0 unspecified atom stereocenters. The second kappa shape index (κ2) is 9.23. The highest BCUT2D eigenvalue weighted by atomic mass is 32.2. The number of fused-ring (bicyclic) bond motifs is 1. The molecule has 0 fully saturated rings. The van der Waals surface area contributed by atoms with E-state index in [1.807, 2.05) is 17.6 Å². The molecule has 1 amide bonds. The van der Waals surface area contributed by atoms with Gasteiger partial charge < -0.3 is 23.9 Å². The van der Waals surface area contributed by atoms with E-state index in [0.717, 1.165) is 11.3 Å². The Hall–Kier alpha value is -2.98. The fraction of sp³-hybridized carbons (Fsp3) is 0.350. The Balaban J connectivity index is 1.43. The number of methoxy groups -OCH3 is 1. The number of amides is 1. The smallest absolute Gasteiger partial charge is 0.234 e. The summed E-state index contributed by atoms with van der Waals surface area (Å²) >= 11 is 1.31. The van der Waals surface area contributed by atoms with E-state index in [1.54, 1.807) is 31.6 Å². The summed E-state index contributed by atoms with van der Waals surface area (Å²) in [6.45, 7) is 3.96. The zero-order valence-electron chi connectivity index (χ0n) is 16.7. The number of aromatic nitrogens is 3. The standard InChI is InChI=1S/C20H22N4O5S/c1-13-15(5-7-27-13)19-22-23-20(24(19)6-8-26-2)30-12-18(25)21-14-3-4-16-17(11-14)29-10-9-28-16/h3-5,7,11H,6,8-10,12H2,1-2H3,(H,21,25). The Morgan fingerprint density at radius 1 is 1.23 bits per heavy atom. The molecule has 1 N–H and O–H groups in total. The van der Waals surface area contributed by atoms with Gasteiger partial charge in [-0.05, 0) is 25.1 Å².